The van der Waals surface area contributed by atoms with Crippen molar-refractivity contribution in [3.8, 4) is 23.0 Å². The second-order valence-electron chi connectivity index (χ2n) is 22.0. The van der Waals surface area contributed by atoms with Crippen LogP contribution in [0.1, 0.15) is 92.7 Å². The van der Waals surface area contributed by atoms with Gasteiger partial charge in [-0.25, -0.2) is 0 Å². The first kappa shape index (κ1) is 52.8. The zero-order valence-electron chi connectivity index (χ0n) is 45.8. The maximum atomic E-state index is 7.01. The van der Waals surface area contributed by atoms with Crippen LogP contribution >= 0.6 is 68.7 Å². The summed E-state index contributed by atoms with van der Waals surface area (Å²) in [5, 5.41) is 0. The van der Waals surface area contributed by atoms with E-state index in [0.29, 0.717) is 0 Å². The van der Waals surface area contributed by atoms with E-state index in [1.165, 1.54) is 130 Å². The van der Waals surface area contributed by atoms with E-state index in [4.69, 9.17) is 9.47 Å². The molecule has 4 heterocycles. The number of unbranched alkanes of at least 4 members (excludes halogenated alkanes) is 3. The van der Waals surface area contributed by atoms with Crippen molar-refractivity contribution >= 4 is 149 Å². The van der Waals surface area contributed by atoms with Gasteiger partial charge in [0.25, 0.3) is 6.71 Å². The van der Waals surface area contributed by atoms with Crippen LogP contribution in [-0.4, -0.2) is 13.4 Å². The van der Waals surface area contributed by atoms with Gasteiger partial charge in [-0.3, -0.25) is 0 Å². The summed E-state index contributed by atoms with van der Waals surface area (Å²) in [5.41, 5.74) is 23.0. The van der Waals surface area contributed by atoms with Crippen LogP contribution in [0.3, 0.4) is 0 Å². The number of ether oxygens (including phenoxy) is 2. The monoisotopic (exact) mass is 1290 g/mol. The van der Waals surface area contributed by atoms with Crippen LogP contribution in [0, 0.1) is 27.9 Å². The fourth-order valence-corrected chi connectivity index (χ4v) is 16.8. The number of nitrogens with zero attached hydrogens (tertiary/aromatic N) is 2. The van der Waals surface area contributed by atoms with Gasteiger partial charge in [0, 0.05) is 73.0 Å². The van der Waals surface area contributed by atoms with Gasteiger partial charge in [-0.05, 0) is 251 Å². The van der Waals surface area contributed by atoms with Crippen molar-refractivity contribution < 1.29 is 9.47 Å². The second kappa shape index (κ2) is 22.1. The van der Waals surface area contributed by atoms with E-state index in [-0.39, 0.29) is 13.4 Å². The fourth-order valence-electron chi connectivity index (χ4n) is 12.5. The van der Waals surface area contributed by atoms with Crippen LogP contribution in [0.5, 0.6) is 23.0 Å². The maximum Gasteiger partial charge on any atom is 0.250 e. The van der Waals surface area contributed by atoms with Crippen molar-refractivity contribution in [2.45, 2.75) is 119 Å². The van der Waals surface area contributed by atoms with Crippen molar-refractivity contribution in [3.63, 3.8) is 0 Å². The highest BCUT2D eigenvalue weighted by atomic mass is 127. The Morgan fingerprint density at radius 1 is 0.405 bits per heavy atom. The number of benzene rings is 9. The predicted octanol–water partition coefficient (Wildman–Crippen LogP) is 17.0. The molecule has 392 valence electrons. The summed E-state index contributed by atoms with van der Waals surface area (Å²) >= 11 is 8.90. The topological polar surface area (TPSA) is 24.9 Å². The molecule has 0 saturated heterocycles. The molecular formula is C69H62B2I2N2O2S2. The molecular weight excluding hydrogens is 1230 g/mol. The molecule has 0 N–H and O–H groups in total. The average Bonchev–Trinajstić information content (AvgIpc) is 3.04. The second-order valence-corrected chi connectivity index (χ2v) is 26.6. The Morgan fingerprint density at radius 3 is 1.38 bits per heavy atom. The lowest BCUT2D eigenvalue weighted by Crippen LogP contribution is -2.64. The Morgan fingerprint density at radius 2 is 0.861 bits per heavy atom. The highest BCUT2D eigenvalue weighted by Crippen LogP contribution is 2.49. The number of anilines is 6. The van der Waals surface area contributed by atoms with Crippen molar-refractivity contribution in [1.82, 2.24) is 0 Å². The molecule has 9 aromatic rings. The molecule has 13 rings (SSSR count). The first-order valence-corrected chi connectivity index (χ1v) is 32.1. The third kappa shape index (κ3) is 9.92. The third-order valence-corrected chi connectivity index (χ3v) is 20.1. The maximum absolute atomic E-state index is 7.01. The normalized spacial score (nSPS) is 13.3. The molecule has 0 fully saturated rings. The summed E-state index contributed by atoms with van der Waals surface area (Å²) in [4.78, 5) is 10.3. The summed E-state index contributed by atoms with van der Waals surface area (Å²) in [7, 11) is 0. The molecule has 0 spiro atoms. The molecule has 0 saturated carbocycles. The Labute approximate surface area is 504 Å². The molecule has 4 nitrogen and oxygen atoms in total. The van der Waals surface area contributed by atoms with Gasteiger partial charge in [-0.15, -0.1) is 0 Å². The van der Waals surface area contributed by atoms with Crippen LogP contribution in [0.25, 0.3) is 0 Å². The number of fused-ring (bicyclic) bond motifs is 8. The molecule has 9 aromatic carbocycles. The van der Waals surface area contributed by atoms with Gasteiger partial charge < -0.3 is 19.3 Å². The predicted molar refractivity (Wildman–Crippen MR) is 355 cm³/mol. The van der Waals surface area contributed by atoms with E-state index in [1.807, 2.05) is 23.5 Å². The van der Waals surface area contributed by atoms with Gasteiger partial charge >= 0.3 is 0 Å². The minimum absolute atomic E-state index is 0.0195. The van der Waals surface area contributed by atoms with E-state index in [0.717, 1.165) is 77.9 Å². The first-order valence-electron chi connectivity index (χ1n) is 28.3. The van der Waals surface area contributed by atoms with E-state index in [2.05, 4.69) is 254 Å². The highest BCUT2D eigenvalue weighted by molar-refractivity contribution is 14.1. The highest BCUT2D eigenvalue weighted by Gasteiger charge is 2.48. The van der Waals surface area contributed by atoms with Crippen LogP contribution in [0.2, 0.25) is 0 Å². The third-order valence-electron chi connectivity index (χ3n) is 16.3. The Balaban J connectivity index is 1.08. The average molecular weight is 1290 g/mol. The van der Waals surface area contributed by atoms with Crippen LogP contribution in [0.4, 0.5) is 34.1 Å². The molecule has 4 aliphatic rings. The van der Waals surface area contributed by atoms with Crippen molar-refractivity contribution in [3.05, 3.63) is 198 Å². The van der Waals surface area contributed by atoms with E-state index in [9.17, 15) is 0 Å². The van der Waals surface area contributed by atoms with Gasteiger partial charge in [0.1, 0.15) is 23.0 Å². The molecule has 79 heavy (non-hydrogen) atoms. The van der Waals surface area contributed by atoms with Gasteiger partial charge in [0.15, 0.2) is 0 Å². The Bertz CT molecular complexity index is 3830. The summed E-state index contributed by atoms with van der Waals surface area (Å²) in [6.45, 7) is 13.5. The minimum Gasteiger partial charge on any atom is -0.457 e. The molecule has 10 heteroatoms. The van der Waals surface area contributed by atoms with Gasteiger partial charge in [-0.1, -0.05) is 129 Å². The number of halogens is 2. The largest absolute Gasteiger partial charge is 0.457 e. The zero-order chi connectivity index (χ0) is 54.1. The number of rotatable bonds is 15. The molecule has 0 unspecified atom stereocenters. The van der Waals surface area contributed by atoms with Gasteiger partial charge in [0.2, 0.25) is 6.71 Å². The number of aryl methyl sites for hydroxylation is 6. The van der Waals surface area contributed by atoms with Crippen LogP contribution in [-0.2, 0) is 19.3 Å². The number of hydrogen-bond acceptors (Lipinski definition) is 6. The zero-order valence-corrected chi connectivity index (χ0v) is 51.8. The molecule has 0 aliphatic carbocycles. The Hall–Kier alpha value is -5.53. The summed E-state index contributed by atoms with van der Waals surface area (Å²) in [6, 6.07) is 60.0. The fraction of sp³-hybridized carbons (Fsp3) is 0.217. The molecule has 0 amide bonds. The van der Waals surface area contributed by atoms with Crippen LogP contribution < -0.4 is 52.1 Å². The number of hydrogen-bond donors (Lipinski definition) is 0. The first-order chi connectivity index (χ1) is 38.5. The molecule has 0 aromatic heterocycles. The van der Waals surface area contributed by atoms with Crippen molar-refractivity contribution in [2.24, 2.45) is 0 Å². The van der Waals surface area contributed by atoms with Gasteiger partial charge in [-0.2, -0.15) is 0 Å². The van der Waals surface area contributed by atoms with Crippen molar-refractivity contribution in [2.75, 3.05) is 9.80 Å². The molecule has 0 bridgehead atoms. The SMILES string of the molecule is CCCCc1ccc(Oc2cc3c4c(c2)N(c2ccc(I)cc2)c2cc5c(cc2B4c2c(I)cc(C)cc2S3)B2c3c(CCCC)cc(C)cc3Sc3cc(Oc4ccc(CCCC)cc4)cc(c32)N5c2ccc(C)cc2)cc1. The Kier molecular flexibility index (Phi) is 14.8. The summed E-state index contributed by atoms with van der Waals surface area (Å²) in [5.74, 6) is 3.37. The quantitative estimate of drug-likeness (QED) is 0.0749. The lowest BCUT2D eigenvalue weighted by atomic mass is 9.31. The standard InChI is InChI=1S/C69H62B2I2N2O2S2/c1-7-10-13-45-18-28-51(29-19-45)76-53-36-60-68-64(38-53)78-62-34-43(5)32-47(15-12-9-3)66(62)70(68)55-40-56-59(41-58(55)74(60)49-24-16-42(4)17-25-49)75(50-26-22-48(72)23-27-50)61-37-54(77-52-30-20-46(21-31-52)14-11-8-2)39-65-69(61)71(56)67-57(73)33-44(6)35-63(67)79-65/h16-41H,7-15H2,1-6H3. The van der Waals surface area contributed by atoms with Gasteiger partial charge in [0.05, 0.1) is 0 Å². The summed E-state index contributed by atoms with van der Waals surface area (Å²) in [6.07, 6.45) is 10.2. The minimum atomic E-state index is -0.0334. The lowest BCUT2D eigenvalue weighted by Gasteiger charge is -2.45. The van der Waals surface area contributed by atoms with E-state index >= 15 is 0 Å². The van der Waals surface area contributed by atoms with E-state index in [1.54, 1.807) is 0 Å². The van der Waals surface area contributed by atoms with Crippen molar-refractivity contribution in [1.29, 1.82) is 0 Å². The van der Waals surface area contributed by atoms with E-state index < -0.39 is 0 Å². The molecule has 0 radical (unpaired) electrons. The molecule has 0 atom stereocenters. The summed E-state index contributed by atoms with van der Waals surface area (Å²) < 4.78 is 16.5. The molecule has 4 aliphatic heterocycles. The van der Waals surface area contributed by atoms with Crippen LogP contribution in [0.15, 0.2) is 177 Å². The smallest absolute Gasteiger partial charge is 0.250 e. The lowest BCUT2D eigenvalue weighted by molar-refractivity contribution is 0.481.